The van der Waals surface area contributed by atoms with E-state index in [1.165, 1.54) is 34.2 Å². The van der Waals surface area contributed by atoms with E-state index in [1.807, 2.05) is 0 Å². The minimum absolute atomic E-state index is 0.165. The van der Waals surface area contributed by atoms with Crippen molar-refractivity contribution in [2.75, 3.05) is 0 Å². The van der Waals surface area contributed by atoms with Crippen molar-refractivity contribution in [2.45, 2.75) is 25.7 Å². The van der Waals surface area contributed by atoms with Crippen LogP contribution in [0.2, 0.25) is 0 Å². The number of nitrogens with zero attached hydrogens (tertiary/aromatic N) is 3. The number of carboxylic acid groups (broad SMARTS) is 2. The molecule has 1 aromatic carbocycles. The Morgan fingerprint density at radius 1 is 1.09 bits per heavy atom. The Morgan fingerprint density at radius 2 is 1.82 bits per heavy atom. The van der Waals surface area contributed by atoms with Gasteiger partial charge in [-0.2, -0.15) is 9.78 Å². The number of aromatic nitrogens is 2. The maximum absolute atomic E-state index is 13.0. The summed E-state index contributed by atoms with van der Waals surface area (Å²) in [6, 6.07) is 6.91. The van der Waals surface area contributed by atoms with Gasteiger partial charge in [-0.1, -0.05) is 0 Å². The first-order chi connectivity index (χ1) is 15.9. The summed E-state index contributed by atoms with van der Waals surface area (Å²) in [7, 11) is 0. The van der Waals surface area contributed by atoms with Gasteiger partial charge >= 0.3 is 11.9 Å². The second-order valence-electron chi connectivity index (χ2n) is 7.64. The first-order valence-corrected chi connectivity index (χ1v) is 11.0. The average Bonchev–Trinajstić information content (AvgIpc) is 3.43. The second kappa shape index (κ2) is 8.14. The van der Waals surface area contributed by atoms with Crippen LogP contribution < -0.4 is 5.56 Å². The highest BCUT2D eigenvalue weighted by atomic mass is 32.1. The van der Waals surface area contributed by atoms with Gasteiger partial charge in [-0.25, -0.2) is 14.6 Å². The number of rotatable bonds is 5. The van der Waals surface area contributed by atoms with E-state index in [9.17, 15) is 24.6 Å². The summed E-state index contributed by atoms with van der Waals surface area (Å²) >= 11 is 1.57. The lowest BCUT2D eigenvalue weighted by atomic mass is 9.97. The molecule has 0 amide bonds. The lowest BCUT2D eigenvalue weighted by molar-refractivity contribution is 0.0696. The largest absolute Gasteiger partial charge is 0.478 e. The normalized spacial score (nSPS) is 13.5. The number of thiophene rings is 1. The first kappa shape index (κ1) is 20.8. The van der Waals surface area contributed by atoms with Crippen LogP contribution >= 0.6 is 11.3 Å². The van der Waals surface area contributed by atoms with E-state index in [0.717, 1.165) is 42.1 Å². The Kier molecular flexibility index (Phi) is 5.14. The van der Waals surface area contributed by atoms with Crippen molar-refractivity contribution in [1.29, 1.82) is 0 Å². The molecule has 1 aliphatic rings. The van der Waals surface area contributed by atoms with Crippen LogP contribution in [0.3, 0.4) is 0 Å². The Balaban J connectivity index is 1.47. The summed E-state index contributed by atoms with van der Waals surface area (Å²) in [6.45, 7) is 0. The van der Waals surface area contributed by atoms with Gasteiger partial charge in [0, 0.05) is 10.4 Å². The molecule has 166 valence electrons. The van der Waals surface area contributed by atoms with E-state index in [0.29, 0.717) is 16.7 Å². The zero-order valence-electron chi connectivity index (χ0n) is 17.1. The summed E-state index contributed by atoms with van der Waals surface area (Å²) in [5.74, 6) is -1.91. The van der Waals surface area contributed by atoms with E-state index in [1.54, 1.807) is 23.5 Å². The van der Waals surface area contributed by atoms with E-state index in [4.69, 9.17) is 4.42 Å². The van der Waals surface area contributed by atoms with Crippen molar-refractivity contribution in [1.82, 2.24) is 9.66 Å². The highest BCUT2D eigenvalue weighted by Gasteiger charge is 2.20. The number of aryl methyl sites for hydroxylation is 2. The van der Waals surface area contributed by atoms with Crippen molar-refractivity contribution in [3.8, 4) is 11.3 Å². The third kappa shape index (κ3) is 3.85. The molecule has 0 fully saturated rings. The first-order valence-electron chi connectivity index (χ1n) is 10.2. The minimum atomic E-state index is -1.24. The number of carboxylic acids is 2. The maximum atomic E-state index is 13.0. The van der Waals surface area contributed by atoms with Crippen LogP contribution in [0.4, 0.5) is 0 Å². The number of fused-ring (bicyclic) bond motifs is 3. The molecule has 0 spiro atoms. The highest BCUT2D eigenvalue weighted by Crippen LogP contribution is 2.33. The van der Waals surface area contributed by atoms with E-state index in [2.05, 4.69) is 10.1 Å². The fourth-order valence-corrected chi connectivity index (χ4v) is 5.15. The van der Waals surface area contributed by atoms with Crippen molar-refractivity contribution in [3.63, 3.8) is 0 Å². The minimum Gasteiger partial charge on any atom is -0.478 e. The Morgan fingerprint density at radius 3 is 2.55 bits per heavy atom. The Bertz CT molecular complexity index is 1480. The van der Waals surface area contributed by atoms with Crippen LogP contribution in [-0.4, -0.2) is 38.0 Å². The van der Waals surface area contributed by atoms with Crippen LogP contribution in [0.1, 0.15) is 49.8 Å². The van der Waals surface area contributed by atoms with E-state index in [-0.39, 0.29) is 22.4 Å². The SMILES string of the molecule is O=C(O)c1cc(C(=O)O)cc(-c2ccc(/C=N\n3cnc4sc5c(c4c3=O)CCCC5)o2)c1. The topological polar surface area (TPSA) is 135 Å². The predicted molar refractivity (Wildman–Crippen MR) is 122 cm³/mol. The van der Waals surface area contributed by atoms with Crippen molar-refractivity contribution < 1.29 is 24.2 Å². The molecule has 1 aliphatic carbocycles. The molecule has 9 nitrogen and oxygen atoms in total. The van der Waals surface area contributed by atoms with Gasteiger partial charge in [0.15, 0.2) is 0 Å². The van der Waals surface area contributed by atoms with Gasteiger partial charge in [0.1, 0.15) is 22.7 Å². The smallest absolute Gasteiger partial charge is 0.335 e. The predicted octanol–water partition coefficient (Wildman–Crippen LogP) is 3.88. The van der Waals surface area contributed by atoms with Crippen LogP contribution in [-0.2, 0) is 12.8 Å². The molecular weight excluding hydrogens is 446 g/mol. The quantitative estimate of drug-likeness (QED) is 0.429. The number of hydrogen-bond acceptors (Lipinski definition) is 7. The zero-order valence-corrected chi connectivity index (χ0v) is 18.0. The monoisotopic (exact) mass is 463 g/mol. The summed E-state index contributed by atoms with van der Waals surface area (Å²) in [5.41, 5.74) is 0.819. The van der Waals surface area contributed by atoms with Gasteiger partial charge in [-0.15, -0.1) is 11.3 Å². The number of benzene rings is 1. The van der Waals surface area contributed by atoms with Crippen molar-refractivity contribution in [3.05, 3.63) is 74.3 Å². The second-order valence-corrected chi connectivity index (χ2v) is 8.72. The van der Waals surface area contributed by atoms with Gasteiger partial charge < -0.3 is 14.6 Å². The molecule has 0 unspecified atom stereocenters. The molecule has 10 heteroatoms. The molecule has 33 heavy (non-hydrogen) atoms. The lowest BCUT2D eigenvalue weighted by Crippen LogP contribution is -2.17. The van der Waals surface area contributed by atoms with Gasteiger partial charge in [-0.3, -0.25) is 4.79 Å². The number of aromatic carboxylic acids is 2. The maximum Gasteiger partial charge on any atom is 0.335 e. The molecular formula is C23H17N3O6S. The van der Waals surface area contributed by atoms with Crippen LogP contribution in [0.15, 0.2) is 51.0 Å². The van der Waals surface area contributed by atoms with Gasteiger partial charge in [-0.05, 0) is 61.6 Å². The average molecular weight is 463 g/mol. The third-order valence-electron chi connectivity index (χ3n) is 5.51. The molecule has 2 N–H and O–H groups in total. The van der Waals surface area contributed by atoms with Gasteiger partial charge in [0.2, 0.25) is 0 Å². The van der Waals surface area contributed by atoms with Crippen molar-refractivity contribution >= 4 is 39.7 Å². The fraction of sp³-hybridized carbons (Fsp3) is 0.174. The van der Waals surface area contributed by atoms with Crippen LogP contribution in [0, 0.1) is 0 Å². The Labute approximate surface area is 190 Å². The number of hydrogen-bond donors (Lipinski definition) is 2. The molecule has 0 aliphatic heterocycles. The standard InChI is InChI=1S/C23H17N3O6S/c27-21-19-16-3-1-2-4-18(16)33-20(19)24-11-26(21)25-10-15-5-6-17(32-15)12-7-13(22(28)29)9-14(8-12)23(30)31/h5-11H,1-4H2,(H,28,29)(H,30,31)/b25-10-. The molecule has 3 heterocycles. The van der Waals surface area contributed by atoms with Crippen molar-refractivity contribution in [2.24, 2.45) is 5.10 Å². The lowest BCUT2D eigenvalue weighted by Gasteiger charge is -2.09. The van der Waals surface area contributed by atoms with Gasteiger partial charge in [0.05, 0.1) is 22.7 Å². The van der Waals surface area contributed by atoms with Crippen LogP contribution in [0.25, 0.3) is 21.5 Å². The number of carbonyl (C=O) groups is 2. The molecule has 3 aromatic heterocycles. The fourth-order valence-electron chi connectivity index (χ4n) is 3.93. The summed E-state index contributed by atoms with van der Waals surface area (Å²) in [5, 5.41) is 23.3. The molecule has 0 atom stereocenters. The molecule has 0 bridgehead atoms. The molecule has 4 aromatic rings. The molecule has 0 saturated heterocycles. The highest BCUT2D eigenvalue weighted by molar-refractivity contribution is 7.18. The molecule has 5 rings (SSSR count). The van der Waals surface area contributed by atoms with Gasteiger partial charge in [0.25, 0.3) is 5.56 Å². The zero-order chi connectivity index (χ0) is 23.1. The summed E-state index contributed by atoms with van der Waals surface area (Å²) < 4.78 is 6.86. The third-order valence-corrected chi connectivity index (χ3v) is 6.71. The van der Waals surface area contributed by atoms with Crippen LogP contribution in [0.5, 0.6) is 0 Å². The molecule has 0 saturated carbocycles. The number of furan rings is 1. The summed E-state index contributed by atoms with van der Waals surface area (Å²) in [6.07, 6.45) is 6.75. The van der Waals surface area contributed by atoms with E-state index >= 15 is 0 Å². The molecule has 0 radical (unpaired) electrons. The Hall–Kier alpha value is -4.05. The van der Waals surface area contributed by atoms with E-state index < -0.39 is 11.9 Å². The summed E-state index contributed by atoms with van der Waals surface area (Å²) in [4.78, 5) is 42.0.